The zero-order valence-corrected chi connectivity index (χ0v) is 16.2. The normalized spacial score (nSPS) is 11.5. The number of halogens is 1. The van der Waals surface area contributed by atoms with Crippen LogP contribution < -0.4 is 15.4 Å². The number of ether oxygens (including phenoxy) is 1. The van der Waals surface area contributed by atoms with Crippen molar-refractivity contribution in [3.05, 3.63) is 81.8 Å². The molecule has 0 bridgehead atoms. The van der Waals surface area contributed by atoms with Gasteiger partial charge in [-0.1, -0.05) is 12.1 Å². The SMILES string of the molecule is COc1ccc([C@@H](C)NC(=O)c2ccc(NC(=O)c3cccs3)cc2)cc1F. The number of amides is 2. The summed E-state index contributed by atoms with van der Waals surface area (Å²) in [4.78, 5) is 25.1. The molecule has 28 heavy (non-hydrogen) atoms. The quantitative estimate of drug-likeness (QED) is 0.636. The molecule has 1 atom stereocenters. The average molecular weight is 398 g/mol. The number of rotatable bonds is 6. The number of hydrogen-bond donors (Lipinski definition) is 2. The fraction of sp³-hybridized carbons (Fsp3) is 0.143. The standard InChI is InChI=1S/C21H19FN2O3S/c1-13(15-7-10-18(27-2)17(22)12-15)23-20(25)14-5-8-16(9-6-14)24-21(26)19-4-3-11-28-19/h3-13H,1-2H3,(H,23,25)(H,24,26)/t13-/m1/s1. The molecule has 2 aromatic carbocycles. The van der Waals surface area contributed by atoms with E-state index >= 15 is 0 Å². The minimum Gasteiger partial charge on any atom is -0.494 e. The number of carbonyl (C=O) groups excluding carboxylic acids is 2. The highest BCUT2D eigenvalue weighted by Gasteiger charge is 2.14. The summed E-state index contributed by atoms with van der Waals surface area (Å²) in [6, 6.07) is 14.3. The van der Waals surface area contributed by atoms with Crippen molar-refractivity contribution in [1.82, 2.24) is 5.32 Å². The van der Waals surface area contributed by atoms with Gasteiger partial charge in [0.15, 0.2) is 11.6 Å². The molecule has 0 fully saturated rings. The van der Waals surface area contributed by atoms with E-state index < -0.39 is 5.82 Å². The Kier molecular flexibility index (Phi) is 6.06. The van der Waals surface area contributed by atoms with E-state index in [0.717, 1.165) is 0 Å². The molecule has 0 saturated carbocycles. The van der Waals surface area contributed by atoms with Crippen LogP contribution in [0.15, 0.2) is 60.0 Å². The van der Waals surface area contributed by atoms with Gasteiger partial charge in [0.2, 0.25) is 0 Å². The van der Waals surface area contributed by atoms with E-state index in [4.69, 9.17) is 4.74 Å². The lowest BCUT2D eigenvalue weighted by Gasteiger charge is -2.15. The van der Waals surface area contributed by atoms with Gasteiger partial charge in [-0.3, -0.25) is 9.59 Å². The highest BCUT2D eigenvalue weighted by atomic mass is 32.1. The van der Waals surface area contributed by atoms with E-state index in [0.29, 0.717) is 21.7 Å². The van der Waals surface area contributed by atoms with Crippen LogP contribution in [0.5, 0.6) is 5.75 Å². The minimum absolute atomic E-state index is 0.155. The first-order chi connectivity index (χ1) is 13.5. The molecular formula is C21H19FN2O3S. The van der Waals surface area contributed by atoms with E-state index in [1.54, 1.807) is 43.3 Å². The molecule has 1 heterocycles. The van der Waals surface area contributed by atoms with Gasteiger partial charge in [-0.15, -0.1) is 11.3 Å². The summed E-state index contributed by atoms with van der Waals surface area (Å²) >= 11 is 1.36. The molecular weight excluding hydrogens is 379 g/mol. The highest BCUT2D eigenvalue weighted by molar-refractivity contribution is 7.12. The van der Waals surface area contributed by atoms with Gasteiger partial charge in [-0.05, 0) is 60.3 Å². The van der Waals surface area contributed by atoms with Crippen LogP contribution in [-0.4, -0.2) is 18.9 Å². The first-order valence-electron chi connectivity index (χ1n) is 8.57. The number of nitrogens with one attached hydrogen (secondary N) is 2. The van der Waals surface area contributed by atoms with Crippen LogP contribution in [0.25, 0.3) is 0 Å². The second-order valence-corrected chi connectivity index (χ2v) is 7.05. The zero-order valence-electron chi connectivity index (χ0n) is 15.4. The molecule has 0 aliphatic heterocycles. The Balaban J connectivity index is 1.62. The molecule has 2 N–H and O–H groups in total. The Morgan fingerprint density at radius 2 is 1.82 bits per heavy atom. The van der Waals surface area contributed by atoms with Crippen molar-refractivity contribution < 1.29 is 18.7 Å². The van der Waals surface area contributed by atoms with E-state index in [-0.39, 0.29) is 23.6 Å². The molecule has 3 aromatic rings. The second kappa shape index (κ2) is 8.67. The van der Waals surface area contributed by atoms with Gasteiger partial charge in [-0.2, -0.15) is 0 Å². The molecule has 144 valence electrons. The van der Waals surface area contributed by atoms with Crippen LogP contribution in [0, 0.1) is 5.82 Å². The van der Waals surface area contributed by atoms with Crippen LogP contribution >= 0.6 is 11.3 Å². The maximum absolute atomic E-state index is 13.9. The largest absolute Gasteiger partial charge is 0.494 e. The lowest BCUT2D eigenvalue weighted by atomic mass is 10.1. The molecule has 1 aromatic heterocycles. The van der Waals surface area contributed by atoms with Crippen molar-refractivity contribution in [2.24, 2.45) is 0 Å². The summed E-state index contributed by atoms with van der Waals surface area (Å²) in [5, 5.41) is 7.44. The number of benzene rings is 2. The third-order valence-electron chi connectivity index (χ3n) is 4.17. The third kappa shape index (κ3) is 4.55. The fourth-order valence-corrected chi connectivity index (χ4v) is 3.24. The molecule has 0 aliphatic carbocycles. The van der Waals surface area contributed by atoms with Crippen molar-refractivity contribution in [1.29, 1.82) is 0 Å². The molecule has 0 aliphatic rings. The zero-order chi connectivity index (χ0) is 20.1. The molecule has 5 nitrogen and oxygen atoms in total. The fourth-order valence-electron chi connectivity index (χ4n) is 2.62. The first-order valence-corrected chi connectivity index (χ1v) is 9.45. The average Bonchev–Trinajstić information content (AvgIpc) is 3.23. The Bertz CT molecular complexity index is 972. The number of thiophene rings is 1. The molecule has 0 saturated heterocycles. The van der Waals surface area contributed by atoms with Gasteiger partial charge < -0.3 is 15.4 Å². The lowest BCUT2D eigenvalue weighted by molar-refractivity contribution is 0.0939. The molecule has 3 rings (SSSR count). The predicted octanol–water partition coefficient (Wildman–Crippen LogP) is 4.64. The summed E-state index contributed by atoms with van der Waals surface area (Å²) in [7, 11) is 1.40. The van der Waals surface area contributed by atoms with Crippen molar-refractivity contribution in [2.75, 3.05) is 12.4 Å². The van der Waals surface area contributed by atoms with Crippen LogP contribution in [0.3, 0.4) is 0 Å². The Morgan fingerprint density at radius 1 is 1.07 bits per heavy atom. The van der Waals surface area contributed by atoms with Crippen molar-refractivity contribution in [3.8, 4) is 5.75 Å². The molecule has 0 unspecified atom stereocenters. The summed E-state index contributed by atoms with van der Waals surface area (Å²) in [6.45, 7) is 1.77. The number of methoxy groups -OCH3 is 1. The third-order valence-corrected chi connectivity index (χ3v) is 5.04. The van der Waals surface area contributed by atoms with E-state index in [9.17, 15) is 14.0 Å². The highest BCUT2D eigenvalue weighted by Crippen LogP contribution is 2.22. The second-order valence-electron chi connectivity index (χ2n) is 6.10. The van der Waals surface area contributed by atoms with E-state index in [1.165, 1.54) is 30.6 Å². The number of carbonyl (C=O) groups is 2. The topological polar surface area (TPSA) is 67.4 Å². The maximum Gasteiger partial charge on any atom is 0.265 e. The Morgan fingerprint density at radius 3 is 2.43 bits per heavy atom. The maximum atomic E-state index is 13.9. The van der Waals surface area contributed by atoms with Crippen molar-refractivity contribution >= 4 is 28.8 Å². The lowest BCUT2D eigenvalue weighted by Crippen LogP contribution is -2.26. The molecule has 0 spiro atoms. The first kappa shape index (κ1) is 19.6. The van der Waals surface area contributed by atoms with Gasteiger partial charge in [0, 0.05) is 11.3 Å². The molecule has 0 radical (unpaired) electrons. The van der Waals surface area contributed by atoms with Gasteiger partial charge >= 0.3 is 0 Å². The number of hydrogen-bond acceptors (Lipinski definition) is 4. The Hall–Kier alpha value is -3.19. The van der Waals surface area contributed by atoms with Crippen LogP contribution in [0.1, 0.15) is 38.6 Å². The smallest absolute Gasteiger partial charge is 0.265 e. The summed E-state index contributed by atoms with van der Waals surface area (Å²) in [6.07, 6.45) is 0. The van der Waals surface area contributed by atoms with Crippen LogP contribution in [0.2, 0.25) is 0 Å². The van der Waals surface area contributed by atoms with Gasteiger partial charge in [0.25, 0.3) is 11.8 Å². The summed E-state index contributed by atoms with van der Waals surface area (Å²) in [5.41, 5.74) is 1.67. The van der Waals surface area contributed by atoms with Gasteiger partial charge in [0.1, 0.15) is 0 Å². The summed E-state index contributed by atoms with van der Waals surface area (Å²) < 4.78 is 18.8. The van der Waals surface area contributed by atoms with Crippen molar-refractivity contribution in [3.63, 3.8) is 0 Å². The monoisotopic (exact) mass is 398 g/mol. The van der Waals surface area contributed by atoms with Gasteiger partial charge in [0.05, 0.1) is 18.0 Å². The molecule has 7 heteroatoms. The summed E-state index contributed by atoms with van der Waals surface area (Å²) in [5.74, 6) is -0.809. The van der Waals surface area contributed by atoms with Crippen molar-refractivity contribution in [2.45, 2.75) is 13.0 Å². The van der Waals surface area contributed by atoms with Crippen LogP contribution in [-0.2, 0) is 0 Å². The molecule has 2 amide bonds. The predicted molar refractivity (Wildman–Crippen MR) is 108 cm³/mol. The van der Waals surface area contributed by atoms with Gasteiger partial charge in [-0.25, -0.2) is 4.39 Å². The van der Waals surface area contributed by atoms with E-state index in [2.05, 4.69) is 10.6 Å². The minimum atomic E-state index is -0.480. The Labute approximate surface area is 166 Å². The number of anilines is 1. The van der Waals surface area contributed by atoms with Crippen LogP contribution in [0.4, 0.5) is 10.1 Å². The van der Waals surface area contributed by atoms with E-state index in [1.807, 2.05) is 11.4 Å².